The molecule has 5 heteroatoms. The molecule has 0 aliphatic carbocycles. The van der Waals surface area contributed by atoms with Crippen LogP contribution in [0, 0.1) is 0 Å². The van der Waals surface area contributed by atoms with Gasteiger partial charge in [-0.25, -0.2) is 0 Å². The van der Waals surface area contributed by atoms with Crippen LogP contribution in [-0.2, 0) is 6.54 Å². The van der Waals surface area contributed by atoms with Gasteiger partial charge < -0.3 is 19.6 Å². The molecule has 0 spiro atoms. The second-order valence-corrected chi connectivity index (χ2v) is 3.92. The van der Waals surface area contributed by atoms with Gasteiger partial charge in [0.2, 0.25) is 5.75 Å². The molecule has 0 fully saturated rings. The van der Waals surface area contributed by atoms with Crippen molar-refractivity contribution in [2.45, 2.75) is 6.54 Å². The van der Waals surface area contributed by atoms with E-state index in [2.05, 4.69) is 5.43 Å². The summed E-state index contributed by atoms with van der Waals surface area (Å²) >= 11 is 0. The molecule has 1 N–H and O–H groups in total. The van der Waals surface area contributed by atoms with E-state index in [1.54, 1.807) is 21.3 Å². The summed E-state index contributed by atoms with van der Waals surface area (Å²) in [6.07, 6.45) is 3.88. The third-order valence-electron chi connectivity index (χ3n) is 2.84. The Balaban J connectivity index is 2.24. The van der Waals surface area contributed by atoms with E-state index in [1.165, 1.54) is 0 Å². The highest BCUT2D eigenvalue weighted by Gasteiger charge is 2.15. The minimum Gasteiger partial charge on any atom is -0.493 e. The van der Waals surface area contributed by atoms with Gasteiger partial charge in [0.05, 0.1) is 27.9 Å². The van der Waals surface area contributed by atoms with Gasteiger partial charge in [-0.15, -0.1) is 0 Å². The molecular weight excluding hydrogens is 244 g/mol. The van der Waals surface area contributed by atoms with Crippen LogP contribution in [-0.4, -0.2) is 26.0 Å². The first-order valence-electron chi connectivity index (χ1n) is 5.94. The van der Waals surface area contributed by atoms with Crippen molar-refractivity contribution in [1.29, 1.82) is 0 Å². The van der Waals surface area contributed by atoms with Gasteiger partial charge >= 0.3 is 0 Å². The highest BCUT2D eigenvalue weighted by molar-refractivity contribution is 5.55. The van der Waals surface area contributed by atoms with Crippen molar-refractivity contribution in [2.24, 2.45) is 0 Å². The zero-order valence-electron chi connectivity index (χ0n) is 11.3. The Bertz CT molecular complexity index is 524. The van der Waals surface area contributed by atoms with E-state index < -0.39 is 0 Å². The number of nitrogens with one attached hydrogen (secondary N) is 1. The van der Waals surface area contributed by atoms with Crippen LogP contribution in [0.15, 0.2) is 36.7 Å². The molecule has 1 aromatic carbocycles. The lowest BCUT2D eigenvalue weighted by molar-refractivity contribution is 0.322. The first kappa shape index (κ1) is 13.1. The van der Waals surface area contributed by atoms with Gasteiger partial charge in [-0.3, -0.25) is 4.68 Å². The first-order valence-corrected chi connectivity index (χ1v) is 5.94. The lowest BCUT2D eigenvalue weighted by Crippen LogP contribution is -2.13. The Labute approximate surface area is 112 Å². The van der Waals surface area contributed by atoms with Crippen LogP contribution in [0.4, 0.5) is 0 Å². The molecule has 2 rings (SSSR count). The molecular formula is C14H18N2O3. The summed E-state index contributed by atoms with van der Waals surface area (Å²) in [5.41, 5.74) is 4.24. The van der Waals surface area contributed by atoms with Gasteiger partial charge in [0.15, 0.2) is 11.5 Å². The number of ether oxygens (including phenoxy) is 3. The number of hydrogen-bond donors (Lipinski definition) is 1. The minimum atomic E-state index is 0.608. The maximum Gasteiger partial charge on any atom is 0.203 e. The summed E-state index contributed by atoms with van der Waals surface area (Å²) in [5.74, 6) is 1.95. The quantitative estimate of drug-likeness (QED) is 0.867. The molecule has 0 aliphatic heterocycles. The SMILES string of the molecule is COc1ccc(CNn2cccc2)c(OC)c1OC. The van der Waals surface area contributed by atoms with E-state index in [4.69, 9.17) is 14.2 Å². The van der Waals surface area contributed by atoms with E-state index in [0.717, 1.165) is 5.56 Å². The van der Waals surface area contributed by atoms with Gasteiger partial charge in [-0.2, -0.15) is 0 Å². The minimum absolute atomic E-state index is 0.608. The van der Waals surface area contributed by atoms with Gasteiger partial charge in [0.1, 0.15) is 0 Å². The van der Waals surface area contributed by atoms with Crippen molar-refractivity contribution in [3.63, 3.8) is 0 Å². The smallest absolute Gasteiger partial charge is 0.203 e. The fraction of sp³-hybridized carbons (Fsp3) is 0.286. The fourth-order valence-corrected chi connectivity index (χ4v) is 1.92. The van der Waals surface area contributed by atoms with Gasteiger partial charge in [-0.05, 0) is 24.3 Å². The van der Waals surface area contributed by atoms with Crippen LogP contribution in [0.25, 0.3) is 0 Å². The summed E-state index contributed by atoms with van der Waals surface area (Å²) in [7, 11) is 4.83. The molecule has 0 bridgehead atoms. The third kappa shape index (κ3) is 2.76. The summed E-state index contributed by atoms with van der Waals surface area (Å²) in [4.78, 5) is 0. The molecule has 0 saturated heterocycles. The van der Waals surface area contributed by atoms with Crippen LogP contribution < -0.4 is 19.6 Å². The number of nitrogens with zero attached hydrogens (tertiary/aromatic N) is 1. The molecule has 102 valence electrons. The highest BCUT2D eigenvalue weighted by Crippen LogP contribution is 2.39. The highest BCUT2D eigenvalue weighted by atomic mass is 16.5. The molecule has 19 heavy (non-hydrogen) atoms. The summed E-state index contributed by atoms with van der Waals surface area (Å²) < 4.78 is 17.9. The third-order valence-corrected chi connectivity index (χ3v) is 2.84. The zero-order chi connectivity index (χ0) is 13.7. The van der Waals surface area contributed by atoms with Crippen molar-refractivity contribution >= 4 is 0 Å². The fourth-order valence-electron chi connectivity index (χ4n) is 1.92. The van der Waals surface area contributed by atoms with Crippen LogP contribution in [0.3, 0.4) is 0 Å². The second-order valence-electron chi connectivity index (χ2n) is 3.92. The van der Waals surface area contributed by atoms with E-state index in [9.17, 15) is 0 Å². The Hall–Kier alpha value is -2.30. The second kappa shape index (κ2) is 6.04. The molecule has 5 nitrogen and oxygen atoms in total. The Morgan fingerprint density at radius 2 is 1.63 bits per heavy atom. The monoisotopic (exact) mass is 262 g/mol. The van der Waals surface area contributed by atoms with Crippen molar-refractivity contribution < 1.29 is 14.2 Å². The van der Waals surface area contributed by atoms with Crippen LogP contribution in [0.1, 0.15) is 5.56 Å². The molecule has 0 atom stereocenters. The van der Waals surface area contributed by atoms with Crippen LogP contribution >= 0.6 is 0 Å². The Morgan fingerprint density at radius 1 is 0.947 bits per heavy atom. The number of methoxy groups -OCH3 is 3. The molecule has 0 aliphatic rings. The summed E-state index contributed by atoms with van der Waals surface area (Å²) in [6, 6.07) is 7.74. The molecule has 0 saturated carbocycles. The number of rotatable bonds is 6. The molecule has 1 heterocycles. The Kier molecular flexibility index (Phi) is 4.18. The van der Waals surface area contributed by atoms with Crippen LogP contribution in [0.5, 0.6) is 17.2 Å². The van der Waals surface area contributed by atoms with Gasteiger partial charge in [-0.1, -0.05) is 0 Å². The average molecular weight is 262 g/mol. The Morgan fingerprint density at radius 3 is 2.21 bits per heavy atom. The van der Waals surface area contributed by atoms with E-state index in [-0.39, 0.29) is 0 Å². The molecule has 0 radical (unpaired) electrons. The number of benzene rings is 1. The van der Waals surface area contributed by atoms with E-state index in [0.29, 0.717) is 23.8 Å². The van der Waals surface area contributed by atoms with Gasteiger partial charge in [0.25, 0.3) is 0 Å². The van der Waals surface area contributed by atoms with Crippen molar-refractivity contribution in [2.75, 3.05) is 26.8 Å². The van der Waals surface area contributed by atoms with Crippen molar-refractivity contribution in [3.8, 4) is 17.2 Å². The van der Waals surface area contributed by atoms with E-state index in [1.807, 2.05) is 41.3 Å². The standard InChI is InChI=1S/C14H18N2O3/c1-17-12-7-6-11(13(18-2)14(12)19-3)10-15-16-8-4-5-9-16/h4-9,15H,10H2,1-3H3. The lowest BCUT2D eigenvalue weighted by Gasteiger charge is -2.16. The summed E-state index contributed by atoms with van der Waals surface area (Å²) in [6.45, 7) is 0.623. The predicted octanol–water partition coefficient (Wildman–Crippen LogP) is 2.26. The average Bonchev–Trinajstić information content (AvgIpc) is 2.96. The topological polar surface area (TPSA) is 44.7 Å². The molecule has 0 amide bonds. The molecule has 2 aromatic rings. The van der Waals surface area contributed by atoms with Crippen LogP contribution in [0.2, 0.25) is 0 Å². The van der Waals surface area contributed by atoms with E-state index >= 15 is 0 Å². The number of hydrogen-bond acceptors (Lipinski definition) is 4. The lowest BCUT2D eigenvalue weighted by atomic mass is 10.1. The van der Waals surface area contributed by atoms with Gasteiger partial charge in [0, 0.05) is 18.0 Å². The zero-order valence-corrected chi connectivity index (χ0v) is 11.3. The summed E-state index contributed by atoms with van der Waals surface area (Å²) in [5, 5.41) is 0. The van der Waals surface area contributed by atoms with Crippen molar-refractivity contribution in [1.82, 2.24) is 4.68 Å². The maximum absolute atomic E-state index is 5.43. The largest absolute Gasteiger partial charge is 0.493 e. The maximum atomic E-state index is 5.43. The first-order chi connectivity index (χ1) is 9.30. The molecule has 0 unspecified atom stereocenters. The molecule has 1 aromatic heterocycles. The number of aromatic nitrogens is 1. The predicted molar refractivity (Wildman–Crippen MR) is 73.6 cm³/mol. The van der Waals surface area contributed by atoms with Crippen molar-refractivity contribution in [3.05, 3.63) is 42.2 Å². The normalized spacial score (nSPS) is 10.1.